The van der Waals surface area contributed by atoms with Gasteiger partial charge in [0, 0.05) is 6.42 Å². The van der Waals surface area contributed by atoms with Crippen molar-refractivity contribution in [3.05, 3.63) is 34.4 Å². The zero-order valence-corrected chi connectivity index (χ0v) is 21.9. The van der Waals surface area contributed by atoms with E-state index >= 15 is 8.78 Å². The van der Waals surface area contributed by atoms with Crippen LogP contribution in [0.15, 0.2) is 12.1 Å². The lowest BCUT2D eigenvalue weighted by Gasteiger charge is -2.34. The summed E-state index contributed by atoms with van der Waals surface area (Å²) >= 11 is 0. The van der Waals surface area contributed by atoms with E-state index in [1.165, 1.54) is 12.0 Å². The van der Waals surface area contributed by atoms with Crippen molar-refractivity contribution < 1.29 is 30.5 Å². The van der Waals surface area contributed by atoms with E-state index in [1.807, 2.05) is 0 Å². The lowest BCUT2D eigenvalue weighted by molar-refractivity contribution is -0.0734. The van der Waals surface area contributed by atoms with Crippen LogP contribution in [0.1, 0.15) is 143 Å². The number of hydrogen-bond donors (Lipinski definition) is 1. The summed E-state index contributed by atoms with van der Waals surface area (Å²) < 4.78 is 89.6. The maximum atomic E-state index is 15.2. The van der Waals surface area contributed by atoms with Crippen LogP contribution < -0.4 is 0 Å². The smallest absolute Gasteiger partial charge is 0.281 e. The lowest BCUT2D eigenvalue weighted by atomic mass is 9.72. The summed E-state index contributed by atoms with van der Waals surface area (Å²) in [5, 5.41) is -4.89. The molecule has 0 radical (unpaired) electrons. The van der Waals surface area contributed by atoms with Crippen molar-refractivity contribution in [3.63, 3.8) is 0 Å². The molecule has 0 saturated heterocycles. The predicted octanol–water partition coefficient (Wildman–Crippen LogP) is 8.88. The van der Waals surface area contributed by atoms with Crippen LogP contribution in [0.3, 0.4) is 0 Å². The number of rotatable bonds is 8. The zero-order chi connectivity index (χ0) is 26.0. The molecule has 3 aliphatic rings. The van der Waals surface area contributed by atoms with Crippen LogP contribution in [0.5, 0.6) is 0 Å². The van der Waals surface area contributed by atoms with Gasteiger partial charge in [-0.25, -0.2) is 8.78 Å². The van der Waals surface area contributed by atoms with Crippen molar-refractivity contribution in [3.8, 4) is 0 Å². The fourth-order valence-corrected chi connectivity index (χ4v) is 7.28. The minimum absolute atomic E-state index is 0.123. The van der Waals surface area contributed by atoms with Gasteiger partial charge in [-0.15, -0.1) is 0 Å². The predicted molar refractivity (Wildman–Crippen MR) is 134 cm³/mol. The Morgan fingerprint density at radius 3 is 1.47 bits per heavy atom. The van der Waals surface area contributed by atoms with Gasteiger partial charge >= 0.3 is 15.4 Å². The van der Waals surface area contributed by atoms with Gasteiger partial charge in [0.05, 0.1) is 6.42 Å². The van der Waals surface area contributed by atoms with Gasteiger partial charge in [-0.05, 0) is 78.5 Å². The summed E-state index contributed by atoms with van der Waals surface area (Å²) in [6.45, 7) is 0. The van der Waals surface area contributed by atoms with Crippen LogP contribution in [0.2, 0.25) is 0 Å². The van der Waals surface area contributed by atoms with E-state index in [9.17, 15) is 17.2 Å². The summed E-state index contributed by atoms with van der Waals surface area (Å²) in [6.07, 6.45) is 12.5. The van der Waals surface area contributed by atoms with Gasteiger partial charge in [-0.1, -0.05) is 69.9 Å². The molecule has 0 heterocycles. The standard InChI is InChI=1S/C28H40F4O3S/c29-27(30,19-28(31,32)36(33,34)35)18-26-24(21-12-6-2-7-13-21)16-23(20-10-4-1-5-11-20)17-25(26)22-14-8-3-9-15-22/h16-17,20-22H,1-15,18-19H2,(H,33,34,35). The maximum Gasteiger partial charge on any atom is 0.375 e. The lowest BCUT2D eigenvalue weighted by Crippen LogP contribution is -2.37. The molecule has 3 nitrogen and oxygen atoms in total. The van der Waals surface area contributed by atoms with Crippen molar-refractivity contribution >= 4 is 10.1 Å². The second-order valence-corrected chi connectivity index (χ2v) is 13.1. The summed E-state index contributed by atoms with van der Waals surface area (Å²) in [5.41, 5.74) is 3.44. The highest BCUT2D eigenvalue weighted by Crippen LogP contribution is 2.46. The topological polar surface area (TPSA) is 54.4 Å². The van der Waals surface area contributed by atoms with Gasteiger partial charge in [0.2, 0.25) is 0 Å². The number of hydrogen-bond acceptors (Lipinski definition) is 2. The zero-order valence-electron chi connectivity index (χ0n) is 21.1. The molecule has 3 aliphatic carbocycles. The molecular weight excluding hydrogens is 492 g/mol. The molecule has 1 N–H and O–H groups in total. The molecule has 0 unspecified atom stereocenters. The minimum Gasteiger partial charge on any atom is -0.281 e. The second-order valence-electron chi connectivity index (χ2n) is 11.5. The van der Waals surface area contributed by atoms with E-state index in [2.05, 4.69) is 12.1 Å². The highest BCUT2D eigenvalue weighted by atomic mass is 32.2. The van der Waals surface area contributed by atoms with Crippen molar-refractivity contribution in [2.75, 3.05) is 0 Å². The fourth-order valence-electron chi connectivity index (χ4n) is 6.89. The van der Waals surface area contributed by atoms with Crippen molar-refractivity contribution in [2.24, 2.45) is 0 Å². The number of halogens is 4. The first-order chi connectivity index (χ1) is 17.0. The molecule has 0 aliphatic heterocycles. The van der Waals surface area contributed by atoms with Gasteiger partial charge in [-0.3, -0.25) is 4.55 Å². The van der Waals surface area contributed by atoms with Crippen LogP contribution in [-0.2, 0) is 16.5 Å². The second kappa shape index (κ2) is 11.3. The largest absolute Gasteiger partial charge is 0.375 e. The van der Waals surface area contributed by atoms with Crippen LogP contribution in [0.4, 0.5) is 17.6 Å². The highest BCUT2D eigenvalue weighted by molar-refractivity contribution is 7.86. The molecule has 0 spiro atoms. The Hall–Kier alpha value is -1.15. The number of alkyl halides is 4. The Kier molecular flexibility index (Phi) is 8.75. The third-order valence-corrected chi connectivity index (χ3v) is 9.68. The molecule has 8 heteroatoms. The van der Waals surface area contributed by atoms with Crippen molar-refractivity contribution in [1.29, 1.82) is 0 Å². The summed E-state index contributed by atoms with van der Waals surface area (Å²) in [5.74, 6) is -3.32. The van der Waals surface area contributed by atoms with E-state index in [1.54, 1.807) is 0 Å². The molecule has 36 heavy (non-hydrogen) atoms. The molecule has 3 fully saturated rings. The first kappa shape index (κ1) is 27.9. The van der Waals surface area contributed by atoms with E-state index in [4.69, 9.17) is 4.55 Å². The summed E-state index contributed by atoms with van der Waals surface area (Å²) in [4.78, 5) is 0. The van der Waals surface area contributed by atoms with Gasteiger partial charge in [0.15, 0.2) is 0 Å². The summed E-state index contributed by atoms with van der Waals surface area (Å²) in [7, 11) is -5.92. The summed E-state index contributed by atoms with van der Waals surface area (Å²) in [6, 6.07) is 4.20. The third kappa shape index (κ3) is 6.64. The monoisotopic (exact) mass is 532 g/mol. The molecule has 1 aromatic rings. The normalized spacial score (nSPS) is 22.1. The number of benzene rings is 1. The van der Waals surface area contributed by atoms with E-state index in [0.717, 1.165) is 101 Å². The first-order valence-electron chi connectivity index (χ1n) is 13.9. The first-order valence-corrected chi connectivity index (χ1v) is 15.3. The minimum atomic E-state index is -5.92. The molecule has 204 valence electrons. The molecule has 0 amide bonds. The van der Waals surface area contributed by atoms with Gasteiger partial charge in [-0.2, -0.15) is 17.2 Å². The van der Waals surface area contributed by atoms with Crippen LogP contribution >= 0.6 is 0 Å². The van der Waals surface area contributed by atoms with Gasteiger partial charge in [0.25, 0.3) is 5.92 Å². The Balaban J connectivity index is 1.79. The van der Waals surface area contributed by atoms with Crippen molar-refractivity contribution in [2.45, 2.75) is 138 Å². The van der Waals surface area contributed by atoms with Gasteiger partial charge in [0.1, 0.15) is 0 Å². The quantitative estimate of drug-likeness (QED) is 0.269. The Morgan fingerprint density at radius 1 is 0.694 bits per heavy atom. The third-order valence-electron chi connectivity index (χ3n) is 8.79. The fraction of sp³-hybridized carbons (Fsp3) is 0.786. The van der Waals surface area contributed by atoms with Crippen LogP contribution in [-0.4, -0.2) is 24.1 Å². The highest BCUT2D eigenvalue weighted by Gasteiger charge is 2.52. The molecule has 4 rings (SSSR count). The SMILES string of the molecule is O=S(=O)(O)C(F)(F)CC(F)(F)Cc1c(C2CCCCC2)cc(C2CCCCC2)cc1C1CCCCC1. The van der Waals surface area contributed by atoms with Crippen LogP contribution in [0.25, 0.3) is 0 Å². The molecular formula is C28H40F4O3S. The molecule has 0 atom stereocenters. The van der Waals surface area contributed by atoms with E-state index < -0.39 is 34.1 Å². The molecule has 1 aromatic carbocycles. The Morgan fingerprint density at radius 2 is 1.08 bits per heavy atom. The van der Waals surface area contributed by atoms with E-state index in [-0.39, 0.29) is 11.8 Å². The van der Waals surface area contributed by atoms with Gasteiger partial charge < -0.3 is 0 Å². The maximum absolute atomic E-state index is 15.2. The van der Waals surface area contributed by atoms with E-state index in [0.29, 0.717) is 11.5 Å². The Bertz CT molecular complexity index is 951. The molecule has 3 saturated carbocycles. The average Bonchev–Trinajstić information content (AvgIpc) is 2.84. The molecule has 0 bridgehead atoms. The van der Waals surface area contributed by atoms with Crippen LogP contribution in [0, 0.1) is 0 Å². The Labute approximate surface area is 213 Å². The average molecular weight is 533 g/mol. The van der Waals surface area contributed by atoms with Crippen molar-refractivity contribution in [1.82, 2.24) is 0 Å². The molecule has 0 aromatic heterocycles.